The highest BCUT2D eigenvalue weighted by molar-refractivity contribution is 9.10. The topological polar surface area (TPSA) is 29.3 Å². The zero-order valence-electron chi connectivity index (χ0n) is 12.9. The molecule has 3 unspecified atom stereocenters. The van der Waals surface area contributed by atoms with Crippen LogP contribution in [0.25, 0.3) is 0 Å². The van der Waals surface area contributed by atoms with Gasteiger partial charge in [0.15, 0.2) is 0 Å². The van der Waals surface area contributed by atoms with Crippen LogP contribution >= 0.6 is 15.9 Å². The smallest absolute Gasteiger partial charge is 0.0402 e. The molecule has 3 heteroatoms. The summed E-state index contributed by atoms with van der Waals surface area (Å²) in [5.41, 5.74) is 8.95. The van der Waals surface area contributed by atoms with Gasteiger partial charge < -0.3 is 10.6 Å². The van der Waals surface area contributed by atoms with E-state index < -0.39 is 0 Å². The fourth-order valence-corrected chi connectivity index (χ4v) is 3.60. The molecule has 0 bridgehead atoms. The number of hydrogen-bond acceptors (Lipinski definition) is 2. The Labute approximate surface area is 131 Å². The number of nitrogens with zero attached hydrogens (tertiary/aromatic N) is 1. The molecule has 20 heavy (non-hydrogen) atoms. The Balaban J connectivity index is 2.26. The van der Waals surface area contributed by atoms with Gasteiger partial charge in [0.25, 0.3) is 0 Å². The minimum absolute atomic E-state index is 0.252. The third kappa shape index (κ3) is 3.76. The Bertz CT molecular complexity index is 447. The molecule has 2 rings (SSSR count). The Morgan fingerprint density at radius 3 is 2.80 bits per heavy atom. The van der Waals surface area contributed by atoms with Crippen molar-refractivity contribution >= 4 is 21.6 Å². The summed E-state index contributed by atoms with van der Waals surface area (Å²) in [6, 6.07) is 7.53. The van der Waals surface area contributed by atoms with Crippen LogP contribution in [0.3, 0.4) is 0 Å². The van der Waals surface area contributed by atoms with E-state index in [0.29, 0.717) is 6.04 Å². The Morgan fingerprint density at radius 1 is 1.40 bits per heavy atom. The van der Waals surface area contributed by atoms with E-state index in [1.54, 1.807) is 0 Å². The molecule has 0 aromatic heterocycles. The lowest BCUT2D eigenvalue weighted by atomic mass is 9.91. The van der Waals surface area contributed by atoms with Crippen molar-refractivity contribution in [2.24, 2.45) is 11.7 Å². The van der Waals surface area contributed by atoms with E-state index >= 15 is 0 Å². The Morgan fingerprint density at radius 2 is 2.15 bits per heavy atom. The second-order valence-corrected chi connectivity index (χ2v) is 7.23. The van der Waals surface area contributed by atoms with Gasteiger partial charge in [0.2, 0.25) is 0 Å². The number of anilines is 1. The van der Waals surface area contributed by atoms with Crippen molar-refractivity contribution in [2.75, 3.05) is 11.4 Å². The molecule has 2 nitrogen and oxygen atoms in total. The maximum atomic E-state index is 6.18. The quantitative estimate of drug-likeness (QED) is 0.883. The van der Waals surface area contributed by atoms with Crippen molar-refractivity contribution in [2.45, 2.75) is 58.5 Å². The lowest BCUT2D eigenvalue weighted by molar-refractivity contribution is 0.377. The third-order valence-electron chi connectivity index (χ3n) is 4.50. The Hall–Kier alpha value is -0.540. The van der Waals surface area contributed by atoms with E-state index in [0.717, 1.165) is 23.2 Å². The van der Waals surface area contributed by atoms with Gasteiger partial charge in [-0.25, -0.2) is 0 Å². The van der Waals surface area contributed by atoms with Crippen molar-refractivity contribution in [3.8, 4) is 0 Å². The lowest BCUT2D eigenvalue weighted by Crippen LogP contribution is -2.41. The molecule has 0 amide bonds. The molecule has 0 spiro atoms. The van der Waals surface area contributed by atoms with Gasteiger partial charge in [0.05, 0.1) is 0 Å². The summed E-state index contributed by atoms with van der Waals surface area (Å²) in [5, 5.41) is 0. The van der Waals surface area contributed by atoms with E-state index in [4.69, 9.17) is 5.73 Å². The predicted octanol–water partition coefficient (Wildman–Crippen LogP) is 4.35. The van der Waals surface area contributed by atoms with E-state index in [1.807, 2.05) is 0 Å². The van der Waals surface area contributed by atoms with Crippen molar-refractivity contribution in [1.29, 1.82) is 0 Å². The van der Waals surface area contributed by atoms with Crippen LogP contribution in [0, 0.1) is 5.92 Å². The molecule has 1 heterocycles. The first kappa shape index (κ1) is 15.8. The van der Waals surface area contributed by atoms with E-state index in [9.17, 15) is 0 Å². The Kier molecular flexibility index (Phi) is 5.50. The average Bonchev–Trinajstić information content (AvgIpc) is 2.40. The molecule has 3 atom stereocenters. The van der Waals surface area contributed by atoms with Crippen LogP contribution < -0.4 is 10.6 Å². The highest BCUT2D eigenvalue weighted by Gasteiger charge is 2.24. The number of halogens is 1. The zero-order chi connectivity index (χ0) is 14.7. The first-order valence-electron chi connectivity index (χ1n) is 7.81. The van der Waals surface area contributed by atoms with Crippen LogP contribution in [0.15, 0.2) is 22.7 Å². The molecular formula is C17H27BrN2. The highest BCUT2D eigenvalue weighted by Crippen LogP contribution is 2.32. The molecule has 1 aliphatic rings. The largest absolute Gasteiger partial charge is 0.369 e. The van der Waals surface area contributed by atoms with Crippen LogP contribution in [-0.4, -0.2) is 18.6 Å². The molecule has 0 radical (unpaired) electrons. The summed E-state index contributed by atoms with van der Waals surface area (Å²) in [4.78, 5) is 2.57. The van der Waals surface area contributed by atoms with E-state index in [-0.39, 0.29) is 6.04 Å². The van der Waals surface area contributed by atoms with Gasteiger partial charge in [-0.05, 0) is 62.3 Å². The van der Waals surface area contributed by atoms with Gasteiger partial charge in [0.1, 0.15) is 0 Å². The summed E-state index contributed by atoms with van der Waals surface area (Å²) in [5.74, 6) is 0.845. The summed E-state index contributed by atoms with van der Waals surface area (Å²) in [6.45, 7) is 8.04. The van der Waals surface area contributed by atoms with Gasteiger partial charge in [-0.3, -0.25) is 0 Å². The SMILES string of the molecule is CCC(N)Cc1cc(Br)ccc1N1CCC(C)CC1C. The predicted molar refractivity (Wildman–Crippen MR) is 91.3 cm³/mol. The van der Waals surface area contributed by atoms with Gasteiger partial charge in [-0.15, -0.1) is 0 Å². The first-order chi connectivity index (χ1) is 9.51. The summed E-state index contributed by atoms with van der Waals surface area (Å²) >= 11 is 3.60. The second-order valence-electron chi connectivity index (χ2n) is 6.32. The number of benzene rings is 1. The lowest BCUT2D eigenvalue weighted by Gasteiger charge is -2.39. The average molecular weight is 339 g/mol. The summed E-state index contributed by atoms with van der Waals surface area (Å²) in [7, 11) is 0. The fourth-order valence-electron chi connectivity index (χ4n) is 3.19. The zero-order valence-corrected chi connectivity index (χ0v) is 14.5. The molecule has 1 aliphatic heterocycles. The fraction of sp³-hybridized carbons (Fsp3) is 0.647. The number of hydrogen-bond donors (Lipinski definition) is 1. The third-order valence-corrected chi connectivity index (χ3v) is 4.99. The minimum Gasteiger partial charge on any atom is -0.369 e. The molecule has 1 fully saturated rings. The van der Waals surface area contributed by atoms with Gasteiger partial charge in [-0.2, -0.15) is 0 Å². The molecule has 1 aromatic carbocycles. The van der Waals surface area contributed by atoms with Crippen LogP contribution in [0.1, 0.15) is 45.6 Å². The maximum absolute atomic E-state index is 6.18. The van der Waals surface area contributed by atoms with Crippen LogP contribution in [-0.2, 0) is 6.42 Å². The van der Waals surface area contributed by atoms with Crippen molar-refractivity contribution in [3.63, 3.8) is 0 Å². The van der Waals surface area contributed by atoms with Gasteiger partial charge in [-0.1, -0.05) is 29.8 Å². The molecule has 1 saturated heterocycles. The van der Waals surface area contributed by atoms with E-state index in [1.165, 1.54) is 30.6 Å². The standard InChI is InChI=1S/C17H27BrN2/c1-4-16(19)11-14-10-15(18)5-6-17(14)20-8-7-12(2)9-13(20)3/h5-6,10,12-13,16H,4,7-9,11,19H2,1-3H3. The van der Waals surface area contributed by atoms with Crippen LogP contribution in [0.5, 0.6) is 0 Å². The molecular weight excluding hydrogens is 312 g/mol. The van der Waals surface area contributed by atoms with Crippen molar-refractivity contribution in [3.05, 3.63) is 28.2 Å². The van der Waals surface area contributed by atoms with Crippen LogP contribution in [0.4, 0.5) is 5.69 Å². The van der Waals surface area contributed by atoms with Crippen molar-refractivity contribution in [1.82, 2.24) is 0 Å². The van der Waals surface area contributed by atoms with Gasteiger partial charge in [0, 0.05) is 28.8 Å². The molecule has 0 saturated carbocycles. The normalized spacial score (nSPS) is 24.8. The summed E-state index contributed by atoms with van der Waals surface area (Å²) in [6.07, 6.45) is 4.57. The van der Waals surface area contributed by atoms with Gasteiger partial charge >= 0.3 is 0 Å². The first-order valence-corrected chi connectivity index (χ1v) is 8.61. The number of piperidine rings is 1. The summed E-state index contributed by atoms with van der Waals surface area (Å²) < 4.78 is 1.15. The van der Waals surface area contributed by atoms with Crippen molar-refractivity contribution < 1.29 is 0 Å². The second kappa shape index (κ2) is 6.95. The number of nitrogens with two attached hydrogens (primary N) is 1. The monoisotopic (exact) mass is 338 g/mol. The molecule has 2 N–H and O–H groups in total. The molecule has 112 valence electrons. The van der Waals surface area contributed by atoms with E-state index in [2.05, 4.69) is 59.8 Å². The highest BCUT2D eigenvalue weighted by atomic mass is 79.9. The number of rotatable bonds is 4. The minimum atomic E-state index is 0.252. The van der Waals surface area contributed by atoms with Crippen LogP contribution in [0.2, 0.25) is 0 Å². The molecule has 0 aliphatic carbocycles. The molecule has 1 aromatic rings. The maximum Gasteiger partial charge on any atom is 0.0402 e.